The van der Waals surface area contributed by atoms with Gasteiger partial charge in [-0.25, -0.2) is 4.98 Å². The van der Waals surface area contributed by atoms with Gasteiger partial charge in [-0.2, -0.15) is 24.7 Å². The highest BCUT2D eigenvalue weighted by atomic mass is 79.9. The molecule has 1 N–H and O–H groups in total. The van der Waals surface area contributed by atoms with Gasteiger partial charge in [0.15, 0.2) is 5.82 Å². The Morgan fingerprint density at radius 1 is 1.14 bits per heavy atom. The minimum Gasteiger partial charge on any atom is -0.354 e. The Morgan fingerprint density at radius 3 is 2.62 bits per heavy atom. The number of halogens is 1. The summed E-state index contributed by atoms with van der Waals surface area (Å²) in [6.07, 6.45) is 2.99. The number of rotatable bonds is 4. The van der Waals surface area contributed by atoms with Crippen molar-refractivity contribution >= 4 is 21.9 Å². The van der Waals surface area contributed by atoms with Crippen LogP contribution in [0.5, 0.6) is 0 Å². The topological polar surface area (TPSA) is 81.4 Å². The van der Waals surface area contributed by atoms with Gasteiger partial charge in [-0.05, 0) is 19.1 Å². The molecule has 2 aromatic heterocycles. The van der Waals surface area contributed by atoms with Gasteiger partial charge in [0, 0.05) is 16.6 Å². The van der Waals surface area contributed by atoms with E-state index in [9.17, 15) is 0 Å². The van der Waals surface area contributed by atoms with E-state index in [0.29, 0.717) is 17.7 Å². The van der Waals surface area contributed by atoms with Gasteiger partial charge in [0.05, 0.1) is 0 Å². The largest absolute Gasteiger partial charge is 0.354 e. The van der Waals surface area contributed by atoms with E-state index in [-0.39, 0.29) is 0 Å². The fourth-order valence-corrected chi connectivity index (χ4v) is 2.01. The molecule has 1 aromatic carbocycles. The highest BCUT2D eigenvalue weighted by Crippen LogP contribution is 2.20. The van der Waals surface area contributed by atoms with Gasteiger partial charge in [0.1, 0.15) is 12.7 Å². The number of hydrogen-bond acceptors (Lipinski definition) is 6. The Bertz CT molecular complexity index is 725. The summed E-state index contributed by atoms with van der Waals surface area (Å²) >= 11 is 3.42. The van der Waals surface area contributed by atoms with Gasteiger partial charge in [-0.3, -0.25) is 0 Å². The van der Waals surface area contributed by atoms with Crippen molar-refractivity contribution in [2.45, 2.75) is 6.92 Å². The minimum atomic E-state index is 0.427. The Hall–Kier alpha value is -2.35. The van der Waals surface area contributed by atoms with Gasteiger partial charge in [-0.1, -0.05) is 28.1 Å². The van der Waals surface area contributed by atoms with Crippen molar-refractivity contribution in [1.29, 1.82) is 0 Å². The molecule has 0 aliphatic carbocycles. The lowest BCUT2D eigenvalue weighted by Gasteiger charge is -2.07. The number of nitrogens with zero attached hydrogens (tertiary/aromatic N) is 6. The minimum absolute atomic E-state index is 0.427. The molecule has 3 rings (SSSR count). The van der Waals surface area contributed by atoms with Crippen molar-refractivity contribution in [2.75, 3.05) is 11.9 Å². The van der Waals surface area contributed by atoms with Crippen molar-refractivity contribution in [2.24, 2.45) is 0 Å². The molecule has 21 heavy (non-hydrogen) atoms. The summed E-state index contributed by atoms with van der Waals surface area (Å²) < 4.78 is 2.51. The molecule has 0 unspecified atom stereocenters. The van der Waals surface area contributed by atoms with Crippen LogP contribution in [-0.2, 0) is 0 Å². The lowest BCUT2D eigenvalue weighted by atomic mass is 10.2. The molecular formula is C13H12BrN7. The Labute approximate surface area is 129 Å². The maximum absolute atomic E-state index is 4.44. The van der Waals surface area contributed by atoms with E-state index in [1.165, 1.54) is 11.0 Å². The first-order valence-corrected chi connectivity index (χ1v) is 7.16. The van der Waals surface area contributed by atoms with Gasteiger partial charge in [-0.15, -0.1) is 0 Å². The summed E-state index contributed by atoms with van der Waals surface area (Å²) in [5, 5.41) is 7.15. The van der Waals surface area contributed by atoms with Crippen molar-refractivity contribution < 1.29 is 0 Å². The molecule has 3 aromatic rings. The van der Waals surface area contributed by atoms with Crippen LogP contribution in [0.2, 0.25) is 0 Å². The summed E-state index contributed by atoms with van der Waals surface area (Å²) in [5.74, 6) is 1.52. The summed E-state index contributed by atoms with van der Waals surface area (Å²) in [6, 6.07) is 7.78. The SMILES string of the molecule is CCNc1nc(-c2ccc(Br)cc2)nc(-n2cncn2)n1. The number of aromatic nitrogens is 6. The monoisotopic (exact) mass is 345 g/mol. The van der Waals surface area contributed by atoms with Gasteiger partial charge < -0.3 is 5.32 Å². The van der Waals surface area contributed by atoms with E-state index in [4.69, 9.17) is 0 Å². The molecule has 0 aliphatic rings. The molecule has 2 heterocycles. The molecule has 7 nitrogen and oxygen atoms in total. The molecule has 0 amide bonds. The molecular weight excluding hydrogens is 334 g/mol. The molecule has 0 spiro atoms. The molecule has 0 saturated carbocycles. The summed E-state index contributed by atoms with van der Waals surface area (Å²) in [5.41, 5.74) is 0.904. The number of hydrogen-bond donors (Lipinski definition) is 1. The Morgan fingerprint density at radius 2 is 1.95 bits per heavy atom. The maximum atomic E-state index is 4.44. The van der Waals surface area contributed by atoms with Crippen LogP contribution in [0.4, 0.5) is 5.95 Å². The van der Waals surface area contributed by atoms with E-state index in [1.807, 2.05) is 31.2 Å². The zero-order valence-corrected chi connectivity index (χ0v) is 12.8. The molecule has 8 heteroatoms. The predicted octanol–water partition coefficient (Wildman–Crippen LogP) is 2.31. The smallest absolute Gasteiger partial charge is 0.257 e. The Balaban J connectivity index is 2.09. The number of nitrogens with one attached hydrogen (secondary N) is 1. The second kappa shape index (κ2) is 5.96. The average molecular weight is 346 g/mol. The quantitative estimate of drug-likeness (QED) is 0.781. The standard InChI is InChI=1S/C13H12BrN7/c1-2-16-12-18-11(9-3-5-10(14)6-4-9)19-13(20-12)21-8-15-7-17-21/h3-8H,2H2,1H3,(H,16,18,19,20). The van der Waals surface area contributed by atoms with Gasteiger partial charge >= 0.3 is 0 Å². The van der Waals surface area contributed by atoms with Gasteiger partial charge in [0.2, 0.25) is 5.95 Å². The van der Waals surface area contributed by atoms with Crippen LogP contribution < -0.4 is 5.32 Å². The number of anilines is 1. The third kappa shape index (κ3) is 3.05. The van der Waals surface area contributed by atoms with Crippen LogP contribution in [0.1, 0.15) is 6.92 Å². The molecule has 0 bridgehead atoms. The fraction of sp³-hybridized carbons (Fsp3) is 0.154. The predicted molar refractivity (Wildman–Crippen MR) is 82.0 cm³/mol. The molecule has 106 valence electrons. The molecule has 0 aliphatic heterocycles. The second-order valence-electron chi connectivity index (χ2n) is 4.16. The van der Waals surface area contributed by atoms with Crippen LogP contribution in [-0.4, -0.2) is 36.3 Å². The van der Waals surface area contributed by atoms with Gasteiger partial charge in [0.25, 0.3) is 5.95 Å². The van der Waals surface area contributed by atoms with E-state index in [0.717, 1.165) is 16.6 Å². The fourth-order valence-electron chi connectivity index (χ4n) is 1.74. The van der Waals surface area contributed by atoms with Crippen molar-refractivity contribution in [1.82, 2.24) is 29.7 Å². The van der Waals surface area contributed by atoms with Crippen LogP contribution >= 0.6 is 15.9 Å². The van der Waals surface area contributed by atoms with Crippen LogP contribution in [0, 0.1) is 0 Å². The van der Waals surface area contributed by atoms with Crippen molar-refractivity contribution in [3.05, 3.63) is 41.4 Å². The van der Waals surface area contributed by atoms with Crippen LogP contribution in [0.15, 0.2) is 41.4 Å². The van der Waals surface area contributed by atoms with Crippen LogP contribution in [0.25, 0.3) is 17.3 Å². The van der Waals surface area contributed by atoms with E-state index >= 15 is 0 Å². The van der Waals surface area contributed by atoms with Crippen molar-refractivity contribution in [3.8, 4) is 17.3 Å². The lowest BCUT2D eigenvalue weighted by molar-refractivity contribution is 0.796. The molecule has 0 atom stereocenters. The average Bonchev–Trinajstić information content (AvgIpc) is 3.02. The summed E-state index contributed by atoms with van der Waals surface area (Å²) in [4.78, 5) is 17.1. The van der Waals surface area contributed by atoms with E-state index in [1.54, 1.807) is 6.33 Å². The lowest BCUT2D eigenvalue weighted by Crippen LogP contribution is -2.10. The first-order chi connectivity index (χ1) is 10.3. The zero-order chi connectivity index (χ0) is 14.7. The highest BCUT2D eigenvalue weighted by molar-refractivity contribution is 9.10. The maximum Gasteiger partial charge on any atom is 0.257 e. The molecule has 0 radical (unpaired) electrons. The zero-order valence-electron chi connectivity index (χ0n) is 11.2. The Kier molecular flexibility index (Phi) is 3.87. The van der Waals surface area contributed by atoms with Crippen LogP contribution in [0.3, 0.4) is 0 Å². The molecule has 0 fully saturated rings. The second-order valence-corrected chi connectivity index (χ2v) is 5.08. The summed E-state index contributed by atoms with van der Waals surface area (Å²) in [7, 11) is 0. The van der Waals surface area contributed by atoms with E-state index < -0.39 is 0 Å². The normalized spacial score (nSPS) is 10.6. The first-order valence-electron chi connectivity index (χ1n) is 6.37. The number of benzene rings is 1. The third-order valence-corrected chi connectivity index (χ3v) is 3.21. The summed E-state index contributed by atoms with van der Waals surface area (Å²) in [6.45, 7) is 2.71. The molecule has 0 saturated heterocycles. The highest BCUT2D eigenvalue weighted by Gasteiger charge is 2.10. The van der Waals surface area contributed by atoms with Crippen molar-refractivity contribution in [3.63, 3.8) is 0 Å². The van der Waals surface area contributed by atoms with E-state index in [2.05, 4.69) is 46.3 Å². The third-order valence-electron chi connectivity index (χ3n) is 2.68. The first kappa shape index (κ1) is 13.6.